The molecule has 0 fully saturated rings. The van der Waals surface area contributed by atoms with Crippen molar-refractivity contribution in [3.05, 3.63) is 29.8 Å². The van der Waals surface area contributed by atoms with E-state index in [4.69, 9.17) is 15.2 Å². The molecule has 0 atom stereocenters. The Kier molecular flexibility index (Phi) is 6.83. The number of amides is 1. The minimum absolute atomic E-state index is 0.0745. The van der Waals surface area contributed by atoms with Crippen molar-refractivity contribution < 1.29 is 14.3 Å². The maximum Gasteiger partial charge on any atom is 0.246 e. The maximum atomic E-state index is 11.4. The lowest BCUT2D eigenvalue weighted by atomic mass is 10.1. The predicted molar refractivity (Wildman–Crippen MR) is 70.3 cm³/mol. The van der Waals surface area contributed by atoms with Crippen molar-refractivity contribution in [2.75, 3.05) is 39.2 Å². The molecular weight excluding hydrogens is 232 g/mol. The van der Waals surface area contributed by atoms with Gasteiger partial charge in [0.05, 0.1) is 13.2 Å². The monoisotopic (exact) mass is 252 g/mol. The molecule has 1 aromatic carbocycles. The third-order valence-electron chi connectivity index (χ3n) is 2.38. The van der Waals surface area contributed by atoms with Crippen LogP contribution in [-0.4, -0.2) is 39.4 Å². The smallest absolute Gasteiger partial charge is 0.246 e. The molecule has 18 heavy (non-hydrogen) atoms. The van der Waals surface area contributed by atoms with E-state index < -0.39 is 0 Å². The summed E-state index contributed by atoms with van der Waals surface area (Å²) in [6.45, 7) is 1.60. The van der Waals surface area contributed by atoms with Gasteiger partial charge in [-0.05, 0) is 24.1 Å². The van der Waals surface area contributed by atoms with Gasteiger partial charge in [0.1, 0.15) is 6.61 Å². The van der Waals surface area contributed by atoms with Gasteiger partial charge < -0.3 is 20.5 Å². The third kappa shape index (κ3) is 6.22. The number of benzene rings is 1. The number of nitrogens with one attached hydrogen (secondary N) is 1. The molecule has 0 unspecified atom stereocenters. The summed E-state index contributed by atoms with van der Waals surface area (Å²) >= 11 is 0. The Morgan fingerprint density at radius 3 is 2.67 bits per heavy atom. The largest absolute Gasteiger partial charge is 0.399 e. The van der Waals surface area contributed by atoms with Crippen molar-refractivity contribution in [2.45, 2.75) is 6.42 Å². The molecule has 0 saturated carbocycles. The van der Waals surface area contributed by atoms with E-state index in [0.717, 1.165) is 17.7 Å². The van der Waals surface area contributed by atoms with Gasteiger partial charge in [-0.25, -0.2) is 0 Å². The lowest BCUT2D eigenvalue weighted by Crippen LogP contribution is -2.29. The van der Waals surface area contributed by atoms with Crippen LogP contribution in [0.2, 0.25) is 0 Å². The molecule has 1 rings (SSSR count). The van der Waals surface area contributed by atoms with E-state index in [1.165, 1.54) is 0 Å². The summed E-state index contributed by atoms with van der Waals surface area (Å²) in [7, 11) is 1.59. The molecule has 3 N–H and O–H groups in total. The summed E-state index contributed by atoms with van der Waals surface area (Å²) in [6, 6.07) is 7.61. The van der Waals surface area contributed by atoms with Gasteiger partial charge in [-0.15, -0.1) is 0 Å². The van der Waals surface area contributed by atoms with Gasteiger partial charge in [0, 0.05) is 19.3 Å². The summed E-state index contributed by atoms with van der Waals surface area (Å²) in [5, 5.41) is 2.79. The van der Waals surface area contributed by atoms with E-state index >= 15 is 0 Å². The van der Waals surface area contributed by atoms with E-state index in [0.29, 0.717) is 19.8 Å². The summed E-state index contributed by atoms with van der Waals surface area (Å²) in [4.78, 5) is 11.4. The number of hydrogen-bond acceptors (Lipinski definition) is 4. The number of carbonyl (C=O) groups excluding carboxylic acids is 1. The highest BCUT2D eigenvalue weighted by atomic mass is 16.5. The second-order valence-corrected chi connectivity index (χ2v) is 3.89. The molecule has 0 spiro atoms. The highest BCUT2D eigenvalue weighted by Crippen LogP contribution is 2.05. The van der Waals surface area contributed by atoms with Crippen molar-refractivity contribution in [1.82, 2.24) is 5.32 Å². The Morgan fingerprint density at radius 2 is 2.00 bits per heavy atom. The molecule has 0 aliphatic carbocycles. The fraction of sp³-hybridized carbons (Fsp3) is 0.462. The van der Waals surface area contributed by atoms with Crippen LogP contribution in [0.1, 0.15) is 5.56 Å². The van der Waals surface area contributed by atoms with Gasteiger partial charge in [-0.2, -0.15) is 0 Å². The molecule has 1 aromatic rings. The van der Waals surface area contributed by atoms with E-state index in [1.54, 1.807) is 7.11 Å². The standard InChI is InChI=1S/C13H20N2O3/c1-17-8-9-18-10-13(16)15-7-6-11-2-4-12(14)5-3-11/h2-5H,6-10,14H2,1H3,(H,15,16). The zero-order chi connectivity index (χ0) is 13.2. The number of anilines is 1. The molecule has 5 heteroatoms. The SMILES string of the molecule is COCCOCC(=O)NCCc1ccc(N)cc1. The first-order valence-electron chi connectivity index (χ1n) is 5.90. The first kappa shape index (κ1) is 14.5. The Balaban J connectivity index is 2.10. The highest BCUT2D eigenvalue weighted by Gasteiger charge is 2.00. The second kappa shape index (κ2) is 8.49. The molecule has 1 amide bonds. The van der Waals surface area contributed by atoms with Crippen LogP contribution in [0.25, 0.3) is 0 Å². The summed E-state index contributed by atoms with van der Waals surface area (Å²) in [5.41, 5.74) is 7.47. The second-order valence-electron chi connectivity index (χ2n) is 3.89. The van der Waals surface area contributed by atoms with E-state index in [9.17, 15) is 4.79 Å². The molecule has 0 saturated heterocycles. The number of hydrogen-bond donors (Lipinski definition) is 2. The van der Waals surface area contributed by atoms with Gasteiger partial charge in [0.15, 0.2) is 0 Å². The van der Waals surface area contributed by atoms with Crippen LogP contribution >= 0.6 is 0 Å². The van der Waals surface area contributed by atoms with Gasteiger partial charge >= 0.3 is 0 Å². The van der Waals surface area contributed by atoms with Crippen LogP contribution in [0, 0.1) is 0 Å². The number of carbonyl (C=O) groups is 1. The summed E-state index contributed by atoms with van der Waals surface area (Å²) in [6.07, 6.45) is 0.782. The number of nitrogens with two attached hydrogens (primary N) is 1. The molecular formula is C13H20N2O3. The lowest BCUT2D eigenvalue weighted by molar-refractivity contribution is -0.126. The fourth-order valence-electron chi connectivity index (χ4n) is 1.39. The van der Waals surface area contributed by atoms with Crippen molar-refractivity contribution in [3.63, 3.8) is 0 Å². The van der Waals surface area contributed by atoms with Crippen LogP contribution in [0.3, 0.4) is 0 Å². The number of nitrogen functional groups attached to an aromatic ring is 1. The predicted octanol–water partition coefficient (Wildman–Crippen LogP) is 0.591. The minimum atomic E-state index is -0.110. The van der Waals surface area contributed by atoms with Crippen molar-refractivity contribution in [3.8, 4) is 0 Å². The van der Waals surface area contributed by atoms with Gasteiger partial charge in [0.25, 0.3) is 0 Å². The van der Waals surface area contributed by atoms with Gasteiger partial charge in [-0.1, -0.05) is 12.1 Å². The molecule has 0 heterocycles. The fourth-order valence-corrected chi connectivity index (χ4v) is 1.39. The Labute approximate surface area is 107 Å². The van der Waals surface area contributed by atoms with Crippen LogP contribution < -0.4 is 11.1 Å². The van der Waals surface area contributed by atoms with Crippen LogP contribution in [0.5, 0.6) is 0 Å². The zero-order valence-electron chi connectivity index (χ0n) is 10.6. The van der Waals surface area contributed by atoms with E-state index in [-0.39, 0.29) is 12.5 Å². The third-order valence-corrected chi connectivity index (χ3v) is 2.38. The van der Waals surface area contributed by atoms with E-state index in [2.05, 4.69) is 5.32 Å². The van der Waals surface area contributed by atoms with Crippen molar-refractivity contribution >= 4 is 11.6 Å². The Morgan fingerprint density at radius 1 is 1.28 bits per heavy atom. The zero-order valence-corrected chi connectivity index (χ0v) is 10.6. The van der Waals surface area contributed by atoms with Crippen LogP contribution in [0.15, 0.2) is 24.3 Å². The minimum Gasteiger partial charge on any atom is -0.399 e. The van der Waals surface area contributed by atoms with Gasteiger partial charge in [-0.3, -0.25) is 4.79 Å². The molecule has 0 radical (unpaired) electrons. The number of methoxy groups -OCH3 is 1. The Bertz CT molecular complexity index is 352. The maximum absolute atomic E-state index is 11.4. The molecule has 0 aromatic heterocycles. The quantitative estimate of drug-likeness (QED) is 0.524. The average molecular weight is 252 g/mol. The van der Waals surface area contributed by atoms with Crippen LogP contribution in [-0.2, 0) is 20.7 Å². The van der Waals surface area contributed by atoms with Gasteiger partial charge in [0.2, 0.25) is 5.91 Å². The molecule has 100 valence electrons. The lowest BCUT2D eigenvalue weighted by Gasteiger charge is -2.06. The first-order chi connectivity index (χ1) is 8.72. The van der Waals surface area contributed by atoms with Crippen molar-refractivity contribution in [1.29, 1.82) is 0 Å². The first-order valence-corrected chi connectivity index (χ1v) is 5.90. The van der Waals surface area contributed by atoms with Crippen LogP contribution in [0.4, 0.5) is 5.69 Å². The normalized spacial score (nSPS) is 10.3. The topological polar surface area (TPSA) is 73.6 Å². The molecule has 5 nitrogen and oxygen atoms in total. The van der Waals surface area contributed by atoms with E-state index in [1.807, 2.05) is 24.3 Å². The Hall–Kier alpha value is -1.59. The van der Waals surface area contributed by atoms with Crippen molar-refractivity contribution in [2.24, 2.45) is 0 Å². The number of ether oxygens (including phenoxy) is 2. The average Bonchev–Trinajstić information content (AvgIpc) is 2.37. The molecule has 0 bridgehead atoms. The number of rotatable bonds is 8. The highest BCUT2D eigenvalue weighted by molar-refractivity contribution is 5.77. The summed E-state index contributed by atoms with van der Waals surface area (Å²) in [5.74, 6) is -0.110. The summed E-state index contributed by atoms with van der Waals surface area (Å²) < 4.78 is 9.91. The molecule has 0 aliphatic rings. The molecule has 0 aliphatic heterocycles.